The molecule has 0 bridgehead atoms. The largest absolute Gasteiger partial charge is 0.481 e. The summed E-state index contributed by atoms with van der Waals surface area (Å²) < 4.78 is 0. The van der Waals surface area contributed by atoms with Crippen LogP contribution in [-0.4, -0.2) is 16.7 Å². The van der Waals surface area contributed by atoms with E-state index in [0.717, 1.165) is 27.3 Å². The molecule has 2 nitrogen and oxygen atoms in total. The Morgan fingerprint density at radius 1 is 0.786 bits per heavy atom. The molecular formula is C23H23O2PPd2. The van der Waals surface area contributed by atoms with Gasteiger partial charge in [0.2, 0.25) is 0 Å². The second-order valence-electron chi connectivity index (χ2n) is 6.49. The molecule has 3 aromatic rings. The summed E-state index contributed by atoms with van der Waals surface area (Å²) in [6.45, 7) is 4.15. The number of benzene rings is 3. The SMILES string of the molecule is Cc1ccccc1P(c1ccccc1C)C(Cc1ccccc1)C(=O)O.[Pd].[Pd]. The predicted octanol–water partition coefficient (Wildman–Crippen LogP) is 4.43. The number of carbonyl (C=O) groups is 1. The summed E-state index contributed by atoms with van der Waals surface area (Å²) in [6, 6.07) is 26.3. The first kappa shape index (κ1) is 24.9. The van der Waals surface area contributed by atoms with Crippen LogP contribution in [0.5, 0.6) is 0 Å². The Morgan fingerprint density at radius 2 is 1.21 bits per heavy atom. The van der Waals surface area contributed by atoms with Crippen LogP contribution in [0.1, 0.15) is 16.7 Å². The molecule has 1 unspecified atom stereocenters. The predicted molar refractivity (Wildman–Crippen MR) is 110 cm³/mol. The van der Waals surface area contributed by atoms with E-state index in [9.17, 15) is 9.90 Å². The summed E-state index contributed by atoms with van der Waals surface area (Å²) in [4.78, 5) is 12.3. The van der Waals surface area contributed by atoms with Gasteiger partial charge in [-0.3, -0.25) is 4.79 Å². The van der Waals surface area contributed by atoms with Crippen molar-refractivity contribution in [2.24, 2.45) is 0 Å². The summed E-state index contributed by atoms with van der Waals surface area (Å²) in [5.41, 5.74) is 2.91. The molecule has 1 N–H and O–H groups in total. The van der Waals surface area contributed by atoms with E-state index in [1.807, 2.05) is 54.6 Å². The topological polar surface area (TPSA) is 37.3 Å². The average molecular weight is 575 g/mol. The van der Waals surface area contributed by atoms with Crippen LogP contribution in [-0.2, 0) is 52.1 Å². The zero-order valence-corrected chi connectivity index (χ0v) is 19.7. The fourth-order valence-electron chi connectivity index (χ4n) is 3.26. The van der Waals surface area contributed by atoms with Crippen LogP contribution in [0.3, 0.4) is 0 Å². The van der Waals surface area contributed by atoms with Crippen molar-refractivity contribution in [2.75, 3.05) is 0 Å². The van der Waals surface area contributed by atoms with Crippen molar-refractivity contribution in [3.8, 4) is 0 Å². The van der Waals surface area contributed by atoms with Crippen molar-refractivity contribution in [3.05, 3.63) is 95.6 Å². The van der Waals surface area contributed by atoms with E-state index in [-0.39, 0.29) is 40.8 Å². The minimum absolute atomic E-state index is 0. The van der Waals surface area contributed by atoms with Gasteiger partial charge in [-0.2, -0.15) is 0 Å². The van der Waals surface area contributed by atoms with Crippen LogP contribution in [0.2, 0.25) is 0 Å². The van der Waals surface area contributed by atoms with E-state index in [4.69, 9.17) is 0 Å². The van der Waals surface area contributed by atoms with Crippen molar-refractivity contribution >= 4 is 24.5 Å². The first-order valence-electron chi connectivity index (χ1n) is 8.75. The van der Waals surface area contributed by atoms with E-state index in [1.54, 1.807) is 0 Å². The Balaban J connectivity index is 0.00000196. The van der Waals surface area contributed by atoms with E-state index in [2.05, 4.69) is 38.1 Å². The smallest absolute Gasteiger partial charge is 0.311 e. The third-order valence-corrected chi connectivity index (χ3v) is 7.69. The number of hydrogen-bond acceptors (Lipinski definition) is 1. The maximum atomic E-state index is 12.3. The van der Waals surface area contributed by atoms with Gasteiger partial charge in [-0.1, -0.05) is 78.9 Å². The number of hydrogen-bond donors (Lipinski definition) is 1. The molecule has 0 aliphatic carbocycles. The summed E-state index contributed by atoms with van der Waals surface area (Å²) in [7, 11) is -1.02. The normalized spacial score (nSPS) is 11.2. The maximum absolute atomic E-state index is 12.3. The number of aliphatic carboxylic acids is 1. The molecule has 0 spiro atoms. The van der Waals surface area contributed by atoms with Crippen molar-refractivity contribution in [1.82, 2.24) is 0 Å². The molecule has 0 aromatic heterocycles. The molecule has 152 valence electrons. The first-order chi connectivity index (χ1) is 12.6. The Kier molecular flexibility index (Phi) is 10.5. The number of aryl methyl sites for hydroxylation is 2. The van der Waals surface area contributed by atoms with Gasteiger partial charge in [-0.05, 0) is 55.5 Å². The minimum atomic E-state index is -1.02. The molecule has 0 amide bonds. The second-order valence-corrected chi connectivity index (χ2v) is 8.81. The Hall–Kier alpha value is -1.12. The summed E-state index contributed by atoms with van der Waals surface area (Å²) >= 11 is 0. The number of carboxylic acids is 1. The average Bonchev–Trinajstić information content (AvgIpc) is 2.64. The molecular weight excluding hydrogens is 552 g/mol. The molecule has 0 fully saturated rings. The van der Waals surface area contributed by atoms with Gasteiger partial charge < -0.3 is 5.11 Å². The summed E-state index contributed by atoms with van der Waals surface area (Å²) in [5.74, 6) is -0.730. The van der Waals surface area contributed by atoms with E-state index >= 15 is 0 Å². The van der Waals surface area contributed by atoms with Gasteiger partial charge >= 0.3 is 5.97 Å². The molecule has 0 saturated carbocycles. The third-order valence-electron chi connectivity index (χ3n) is 4.62. The fraction of sp³-hybridized carbons (Fsp3) is 0.174. The Bertz CT molecular complexity index is 854. The van der Waals surface area contributed by atoms with Crippen LogP contribution in [0.25, 0.3) is 0 Å². The molecule has 28 heavy (non-hydrogen) atoms. The molecule has 3 rings (SSSR count). The van der Waals surface area contributed by atoms with Gasteiger partial charge in [0.15, 0.2) is 0 Å². The standard InChI is InChI=1S/C23H23O2P.2Pd/c1-17-10-6-8-14-20(17)26(21-15-9-7-11-18(21)2)22(23(24)25)16-19-12-4-3-5-13-19;;/h3-15,22H,16H2,1-2H3,(H,24,25);;. The van der Waals surface area contributed by atoms with Crippen LogP contribution in [0.15, 0.2) is 78.9 Å². The van der Waals surface area contributed by atoms with Gasteiger partial charge in [0.25, 0.3) is 0 Å². The molecule has 0 radical (unpaired) electrons. The van der Waals surface area contributed by atoms with Crippen LogP contribution < -0.4 is 10.6 Å². The van der Waals surface area contributed by atoms with Gasteiger partial charge in [0, 0.05) is 40.8 Å². The third kappa shape index (κ3) is 5.94. The monoisotopic (exact) mass is 574 g/mol. The van der Waals surface area contributed by atoms with Gasteiger partial charge in [0.05, 0.1) is 5.66 Å². The maximum Gasteiger partial charge on any atom is 0.311 e. The van der Waals surface area contributed by atoms with E-state index < -0.39 is 19.5 Å². The minimum Gasteiger partial charge on any atom is -0.481 e. The number of rotatable bonds is 6. The Labute approximate surface area is 195 Å². The molecule has 5 heteroatoms. The Morgan fingerprint density at radius 3 is 1.64 bits per heavy atom. The molecule has 3 aromatic carbocycles. The van der Waals surface area contributed by atoms with Gasteiger partial charge in [-0.15, -0.1) is 0 Å². The fourth-order valence-corrected chi connectivity index (χ4v) is 6.21. The van der Waals surface area contributed by atoms with E-state index in [0.29, 0.717) is 6.42 Å². The van der Waals surface area contributed by atoms with E-state index in [1.165, 1.54) is 0 Å². The first-order valence-corrected chi connectivity index (χ1v) is 10.2. The molecule has 0 aliphatic rings. The molecule has 0 aliphatic heterocycles. The van der Waals surface area contributed by atoms with Gasteiger partial charge in [-0.25, -0.2) is 0 Å². The molecule has 1 atom stereocenters. The second kappa shape index (κ2) is 11.8. The molecule has 0 saturated heterocycles. The van der Waals surface area contributed by atoms with Crippen molar-refractivity contribution in [2.45, 2.75) is 25.9 Å². The van der Waals surface area contributed by atoms with Crippen molar-refractivity contribution < 1.29 is 50.7 Å². The van der Waals surface area contributed by atoms with Crippen LogP contribution in [0.4, 0.5) is 0 Å². The summed E-state index contributed by atoms with van der Waals surface area (Å²) in [5, 5.41) is 12.4. The zero-order chi connectivity index (χ0) is 18.5. The van der Waals surface area contributed by atoms with Crippen LogP contribution >= 0.6 is 7.92 Å². The summed E-state index contributed by atoms with van der Waals surface area (Å²) in [6.07, 6.45) is 0.532. The van der Waals surface area contributed by atoms with Crippen LogP contribution in [0, 0.1) is 13.8 Å². The molecule has 0 heterocycles. The number of carboxylic acid groups (broad SMARTS) is 1. The quantitative estimate of drug-likeness (QED) is 0.349. The van der Waals surface area contributed by atoms with Crippen molar-refractivity contribution in [1.29, 1.82) is 0 Å². The van der Waals surface area contributed by atoms with Crippen molar-refractivity contribution in [3.63, 3.8) is 0 Å². The van der Waals surface area contributed by atoms with Gasteiger partial charge in [0.1, 0.15) is 0 Å². The zero-order valence-electron chi connectivity index (χ0n) is 15.7.